The van der Waals surface area contributed by atoms with Crippen LogP contribution in [0.5, 0.6) is 11.5 Å². The monoisotopic (exact) mass is 880 g/mol. The van der Waals surface area contributed by atoms with E-state index in [0.29, 0.717) is 61.4 Å². The maximum absolute atomic E-state index is 11.8. The lowest BCUT2D eigenvalue weighted by atomic mass is 10.1. The molecule has 0 unspecified atom stereocenters. The molecule has 0 spiro atoms. The first-order chi connectivity index (χ1) is 29.4. The summed E-state index contributed by atoms with van der Waals surface area (Å²) in [5.74, 6) is 2.73. The Balaban J connectivity index is 0.000000156. The molecular weight excluding hydrogens is 831 g/mol. The van der Waals surface area contributed by atoms with Gasteiger partial charge in [0, 0.05) is 28.7 Å². The summed E-state index contributed by atoms with van der Waals surface area (Å²) in [7, 11) is 3.18. The van der Waals surface area contributed by atoms with Crippen LogP contribution in [0.3, 0.4) is 0 Å². The molecule has 4 heterocycles. The van der Waals surface area contributed by atoms with Crippen molar-refractivity contribution in [3.05, 3.63) is 106 Å². The molecule has 324 valence electrons. The van der Waals surface area contributed by atoms with Gasteiger partial charge in [-0.2, -0.15) is 0 Å². The summed E-state index contributed by atoms with van der Waals surface area (Å²) < 4.78 is 10.4. The molecule has 0 fully saturated rings. The van der Waals surface area contributed by atoms with Gasteiger partial charge in [0.25, 0.3) is 0 Å². The molecule has 0 saturated carbocycles. The van der Waals surface area contributed by atoms with Gasteiger partial charge in [-0.1, -0.05) is 96.8 Å². The minimum Gasteiger partial charge on any atom is -0.494 e. The number of benzene rings is 4. The summed E-state index contributed by atoms with van der Waals surface area (Å²) in [6.07, 6.45) is 0. The molecular formula is C46H50Cl2N8O6. The number of rotatable bonds is 10. The van der Waals surface area contributed by atoms with Crippen molar-refractivity contribution in [1.82, 2.24) is 39.9 Å². The van der Waals surface area contributed by atoms with Gasteiger partial charge in [0.15, 0.2) is 23.3 Å². The zero-order chi connectivity index (χ0) is 45.4. The van der Waals surface area contributed by atoms with Gasteiger partial charge in [-0.3, -0.25) is 19.2 Å². The molecule has 14 nitrogen and oxygen atoms in total. The number of Topliss-reactive ketones (excluding diaryl/α,β-unsaturated/α-hetero) is 4. The number of para-hydroxylation sites is 3. The van der Waals surface area contributed by atoms with Gasteiger partial charge in [-0.25, -0.2) is 19.9 Å². The van der Waals surface area contributed by atoms with E-state index >= 15 is 0 Å². The Bertz CT molecular complexity index is 2770. The number of carbonyl (C=O) groups excluding carboxylic acids is 4. The minimum absolute atomic E-state index is 0.00210. The molecule has 4 aromatic carbocycles. The van der Waals surface area contributed by atoms with E-state index in [-0.39, 0.29) is 46.8 Å². The average molecular weight is 882 g/mol. The summed E-state index contributed by atoms with van der Waals surface area (Å²) in [6, 6.07) is 21.9. The Kier molecular flexibility index (Phi) is 15.4. The van der Waals surface area contributed by atoms with E-state index < -0.39 is 0 Å². The Labute approximate surface area is 368 Å². The molecule has 0 radical (unpaired) electrons. The zero-order valence-corrected chi connectivity index (χ0v) is 37.7. The highest BCUT2D eigenvalue weighted by molar-refractivity contribution is 6.35. The van der Waals surface area contributed by atoms with Crippen LogP contribution >= 0.6 is 23.2 Å². The second-order valence-electron chi connectivity index (χ2n) is 15.4. The van der Waals surface area contributed by atoms with Gasteiger partial charge >= 0.3 is 0 Å². The number of ketones is 4. The number of halogens is 2. The largest absolute Gasteiger partial charge is 0.494 e. The number of imidazole rings is 4. The number of hydrogen-bond donors (Lipinski definition) is 4. The first-order valence-corrected chi connectivity index (χ1v) is 20.7. The van der Waals surface area contributed by atoms with Crippen LogP contribution < -0.4 is 9.47 Å². The van der Waals surface area contributed by atoms with Crippen LogP contribution in [0, 0.1) is 23.7 Å². The number of ether oxygens (including phenoxy) is 2. The standard InChI is InChI=1S/2C12H14N2O2.2C11H11ClN2O/c2*1-7(2)11(15)12-13-8-5-4-6-9(16-3)10(8)14-12;1-6(2)10(15)11-13-8-4-3-7(12)5-9(8)14-11;1-6(2)10(15)11-13-8-5-3-4-7(12)9(8)14-11/h2*4-7H,1-3H3,(H,13,14);2*3-6H,1-2H3,(H,13,14). The number of H-pyrrole nitrogens is 4. The SMILES string of the molecule is CC(C)C(=O)c1nc2c(Cl)cccc2[nH]1.CC(C)C(=O)c1nc2ccc(Cl)cc2[nH]1.COc1cccc2[nH]c(C(=O)C(C)C)nc12.COc1cccc2[nH]c(C(=O)C(C)C)nc12. The number of carbonyl (C=O) groups is 4. The summed E-state index contributed by atoms with van der Waals surface area (Å²) in [6.45, 7) is 14.8. The van der Waals surface area contributed by atoms with Gasteiger partial charge in [0.05, 0.1) is 46.8 Å². The van der Waals surface area contributed by atoms with Crippen LogP contribution in [0.1, 0.15) is 97.9 Å². The van der Waals surface area contributed by atoms with Crippen molar-refractivity contribution in [2.24, 2.45) is 23.7 Å². The molecule has 16 heteroatoms. The fourth-order valence-electron chi connectivity index (χ4n) is 5.88. The lowest BCUT2D eigenvalue weighted by Crippen LogP contribution is -2.09. The topological polar surface area (TPSA) is 201 Å². The van der Waals surface area contributed by atoms with Crippen LogP contribution in [-0.4, -0.2) is 77.2 Å². The maximum Gasteiger partial charge on any atom is 0.200 e. The molecule has 0 aliphatic rings. The first-order valence-electron chi connectivity index (χ1n) is 20.0. The van der Waals surface area contributed by atoms with E-state index in [2.05, 4.69) is 39.9 Å². The summed E-state index contributed by atoms with van der Waals surface area (Å²) in [4.78, 5) is 75.8. The van der Waals surface area contributed by atoms with E-state index in [1.807, 2.05) is 104 Å². The predicted octanol–water partition coefficient (Wildman–Crippen LogP) is 10.9. The molecule has 8 aromatic rings. The highest BCUT2D eigenvalue weighted by Crippen LogP contribution is 2.26. The number of methoxy groups -OCH3 is 2. The van der Waals surface area contributed by atoms with Crippen molar-refractivity contribution in [3.8, 4) is 11.5 Å². The number of fused-ring (bicyclic) bond motifs is 4. The Morgan fingerprint density at radius 2 is 0.823 bits per heavy atom. The van der Waals surface area contributed by atoms with E-state index in [1.54, 1.807) is 38.5 Å². The van der Waals surface area contributed by atoms with E-state index in [1.165, 1.54) is 0 Å². The number of aromatic amines is 4. The second kappa shape index (κ2) is 20.5. The highest BCUT2D eigenvalue weighted by Gasteiger charge is 2.19. The van der Waals surface area contributed by atoms with E-state index in [4.69, 9.17) is 32.7 Å². The van der Waals surface area contributed by atoms with Gasteiger partial charge < -0.3 is 29.4 Å². The highest BCUT2D eigenvalue weighted by atomic mass is 35.5. The van der Waals surface area contributed by atoms with Gasteiger partial charge in [0.1, 0.15) is 28.0 Å². The van der Waals surface area contributed by atoms with Gasteiger partial charge in [-0.15, -0.1) is 0 Å². The van der Waals surface area contributed by atoms with Crippen LogP contribution in [0.4, 0.5) is 0 Å². The normalized spacial score (nSPS) is 11.1. The Morgan fingerprint density at radius 3 is 1.21 bits per heavy atom. The van der Waals surface area contributed by atoms with Crippen LogP contribution in [0.15, 0.2) is 72.8 Å². The van der Waals surface area contributed by atoms with Crippen molar-refractivity contribution >= 4 is 90.5 Å². The van der Waals surface area contributed by atoms with Crippen molar-refractivity contribution in [1.29, 1.82) is 0 Å². The molecule has 62 heavy (non-hydrogen) atoms. The van der Waals surface area contributed by atoms with E-state index in [9.17, 15) is 19.2 Å². The molecule has 0 aliphatic carbocycles. The zero-order valence-electron chi connectivity index (χ0n) is 36.2. The molecule has 8 rings (SSSR count). The lowest BCUT2D eigenvalue weighted by molar-refractivity contribution is 0.0923. The minimum atomic E-state index is -0.0654. The Hall–Kier alpha value is -6.38. The van der Waals surface area contributed by atoms with Crippen LogP contribution in [-0.2, 0) is 0 Å². The third-order valence-corrected chi connectivity index (χ3v) is 9.87. The predicted molar refractivity (Wildman–Crippen MR) is 244 cm³/mol. The van der Waals surface area contributed by atoms with Crippen molar-refractivity contribution in [2.45, 2.75) is 55.4 Å². The summed E-state index contributed by atoms with van der Waals surface area (Å²) in [5, 5.41) is 1.20. The third kappa shape index (κ3) is 10.9. The fourth-order valence-corrected chi connectivity index (χ4v) is 6.27. The van der Waals surface area contributed by atoms with E-state index in [0.717, 1.165) is 27.6 Å². The van der Waals surface area contributed by atoms with Crippen LogP contribution in [0.25, 0.3) is 44.1 Å². The second-order valence-corrected chi connectivity index (χ2v) is 16.3. The molecule has 0 aliphatic heterocycles. The maximum atomic E-state index is 11.8. The molecule has 4 aromatic heterocycles. The Morgan fingerprint density at radius 1 is 0.468 bits per heavy atom. The van der Waals surface area contributed by atoms with Crippen LogP contribution in [0.2, 0.25) is 10.0 Å². The lowest BCUT2D eigenvalue weighted by Gasteiger charge is -1.98. The average Bonchev–Trinajstić information content (AvgIpc) is 4.07. The van der Waals surface area contributed by atoms with Crippen molar-refractivity contribution < 1.29 is 28.7 Å². The molecule has 0 atom stereocenters. The molecule has 0 saturated heterocycles. The first kappa shape index (κ1) is 46.7. The summed E-state index contributed by atoms with van der Waals surface area (Å²) >= 11 is 11.8. The molecule has 0 amide bonds. The van der Waals surface area contributed by atoms with Gasteiger partial charge in [-0.05, 0) is 54.6 Å². The number of nitrogens with one attached hydrogen (secondary N) is 4. The summed E-state index contributed by atoms with van der Waals surface area (Å²) in [5.41, 5.74) is 6.07. The molecule has 0 bridgehead atoms. The number of hydrogen-bond acceptors (Lipinski definition) is 10. The van der Waals surface area contributed by atoms with Crippen molar-refractivity contribution in [3.63, 3.8) is 0 Å². The fraction of sp³-hybridized carbons (Fsp3) is 0.304. The smallest absolute Gasteiger partial charge is 0.200 e. The molecule has 4 N–H and O–H groups in total. The third-order valence-electron chi connectivity index (χ3n) is 9.33. The number of aromatic nitrogens is 8. The quantitative estimate of drug-likeness (QED) is 0.0958. The van der Waals surface area contributed by atoms with Gasteiger partial charge in [0.2, 0.25) is 23.1 Å². The van der Waals surface area contributed by atoms with Crippen molar-refractivity contribution in [2.75, 3.05) is 14.2 Å². The number of nitrogens with zero attached hydrogens (tertiary/aromatic N) is 4.